The van der Waals surface area contributed by atoms with Crippen molar-refractivity contribution in [3.05, 3.63) is 34.3 Å². The summed E-state index contributed by atoms with van der Waals surface area (Å²) in [4.78, 5) is 15.0. The minimum absolute atomic E-state index is 0.0647. The standard InChI is InChI=1S/C11H12BrNO2/c1-2-15-11(14)8-13-7-9-5-3-4-6-10(9)12/h3-7H,2,8H2,1H3. The Bertz CT molecular complexity index is 363. The minimum atomic E-state index is -0.305. The van der Waals surface area contributed by atoms with Gasteiger partial charge < -0.3 is 4.74 Å². The molecule has 4 heteroatoms. The average molecular weight is 270 g/mol. The Morgan fingerprint density at radius 1 is 1.53 bits per heavy atom. The second-order valence-electron chi connectivity index (χ2n) is 2.80. The van der Waals surface area contributed by atoms with Gasteiger partial charge in [-0.3, -0.25) is 9.79 Å². The Balaban J connectivity index is 2.52. The van der Waals surface area contributed by atoms with Crippen molar-refractivity contribution in [1.82, 2.24) is 0 Å². The quantitative estimate of drug-likeness (QED) is 0.622. The van der Waals surface area contributed by atoms with Crippen LogP contribution in [-0.4, -0.2) is 25.3 Å². The van der Waals surface area contributed by atoms with Crippen LogP contribution in [-0.2, 0) is 9.53 Å². The molecule has 0 radical (unpaired) electrons. The number of carbonyl (C=O) groups is 1. The van der Waals surface area contributed by atoms with Gasteiger partial charge in [-0.25, -0.2) is 0 Å². The van der Waals surface area contributed by atoms with Crippen LogP contribution in [0.25, 0.3) is 0 Å². The zero-order valence-corrected chi connectivity index (χ0v) is 10.0. The summed E-state index contributed by atoms with van der Waals surface area (Å²) in [5.74, 6) is -0.305. The summed E-state index contributed by atoms with van der Waals surface area (Å²) in [5, 5.41) is 0. The molecule has 1 aromatic carbocycles. The Hall–Kier alpha value is -1.16. The molecule has 0 saturated heterocycles. The summed E-state index contributed by atoms with van der Waals surface area (Å²) in [6, 6.07) is 7.67. The van der Waals surface area contributed by atoms with Crippen molar-refractivity contribution >= 4 is 28.1 Å². The zero-order chi connectivity index (χ0) is 11.1. The van der Waals surface area contributed by atoms with E-state index in [1.165, 1.54) is 0 Å². The molecule has 0 heterocycles. The predicted molar refractivity (Wildman–Crippen MR) is 63.2 cm³/mol. The third-order valence-corrected chi connectivity index (χ3v) is 2.38. The number of nitrogens with zero attached hydrogens (tertiary/aromatic N) is 1. The molecule has 3 nitrogen and oxygen atoms in total. The number of esters is 1. The van der Waals surface area contributed by atoms with E-state index in [9.17, 15) is 4.79 Å². The molecule has 0 aliphatic carbocycles. The third-order valence-electron chi connectivity index (χ3n) is 1.66. The molecule has 1 aromatic rings. The first kappa shape index (κ1) is 11.9. The fraction of sp³-hybridized carbons (Fsp3) is 0.273. The summed E-state index contributed by atoms with van der Waals surface area (Å²) < 4.78 is 5.70. The van der Waals surface area contributed by atoms with E-state index in [2.05, 4.69) is 20.9 Å². The van der Waals surface area contributed by atoms with E-state index < -0.39 is 0 Å². The zero-order valence-electron chi connectivity index (χ0n) is 8.44. The lowest BCUT2D eigenvalue weighted by atomic mass is 10.2. The number of benzene rings is 1. The van der Waals surface area contributed by atoms with Crippen LogP contribution < -0.4 is 0 Å². The molecule has 15 heavy (non-hydrogen) atoms. The number of halogens is 1. The van der Waals surface area contributed by atoms with Crippen molar-refractivity contribution in [3.63, 3.8) is 0 Å². The fourth-order valence-corrected chi connectivity index (χ4v) is 1.39. The summed E-state index contributed by atoms with van der Waals surface area (Å²) in [6.45, 7) is 2.23. The van der Waals surface area contributed by atoms with Crippen LogP contribution in [0.4, 0.5) is 0 Å². The van der Waals surface area contributed by atoms with Crippen molar-refractivity contribution in [2.75, 3.05) is 13.2 Å². The lowest BCUT2D eigenvalue weighted by Crippen LogP contribution is -2.07. The molecule has 80 valence electrons. The van der Waals surface area contributed by atoms with E-state index in [1.54, 1.807) is 13.1 Å². The summed E-state index contributed by atoms with van der Waals surface area (Å²) in [7, 11) is 0. The summed E-state index contributed by atoms with van der Waals surface area (Å²) in [5.41, 5.74) is 0.946. The normalized spacial score (nSPS) is 10.5. The minimum Gasteiger partial charge on any atom is -0.465 e. The van der Waals surface area contributed by atoms with Gasteiger partial charge in [-0.05, 0) is 13.0 Å². The third kappa shape index (κ3) is 4.25. The molecule has 0 aliphatic rings. The highest BCUT2D eigenvalue weighted by atomic mass is 79.9. The molecule has 1 rings (SSSR count). The van der Waals surface area contributed by atoms with Crippen molar-refractivity contribution in [3.8, 4) is 0 Å². The molecule has 0 bridgehead atoms. The lowest BCUT2D eigenvalue weighted by Gasteiger charge is -1.98. The van der Waals surface area contributed by atoms with E-state index in [0.29, 0.717) is 6.61 Å². The summed E-state index contributed by atoms with van der Waals surface area (Å²) in [6.07, 6.45) is 1.65. The summed E-state index contributed by atoms with van der Waals surface area (Å²) >= 11 is 3.39. The van der Waals surface area contributed by atoms with Gasteiger partial charge >= 0.3 is 5.97 Å². The molecule has 0 spiro atoms. The van der Waals surface area contributed by atoms with Gasteiger partial charge in [0, 0.05) is 16.3 Å². The molecule has 0 saturated carbocycles. The van der Waals surface area contributed by atoms with Crippen LogP contribution in [0.2, 0.25) is 0 Å². The molecule has 0 aliphatic heterocycles. The maximum atomic E-state index is 11.0. The number of carbonyl (C=O) groups excluding carboxylic acids is 1. The van der Waals surface area contributed by atoms with E-state index in [1.807, 2.05) is 24.3 Å². The van der Waals surface area contributed by atoms with Gasteiger partial charge in [0.25, 0.3) is 0 Å². The van der Waals surface area contributed by atoms with Gasteiger partial charge in [-0.15, -0.1) is 0 Å². The van der Waals surface area contributed by atoms with Crippen molar-refractivity contribution in [1.29, 1.82) is 0 Å². The molecule has 0 fully saturated rings. The van der Waals surface area contributed by atoms with Gasteiger partial charge in [0.2, 0.25) is 0 Å². The smallest absolute Gasteiger partial charge is 0.327 e. The number of aliphatic imine (C=N–C) groups is 1. The second-order valence-corrected chi connectivity index (χ2v) is 3.65. The Morgan fingerprint density at radius 3 is 2.93 bits per heavy atom. The average Bonchev–Trinajstić information content (AvgIpc) is 2.21. The van der Waals surface area contributed by atoms with Crippen LogP contribution in [0.1, 0.15) is 12.5 Å². The highest BCUT2D eigenvalue weighted by Gasteiger charge is 1.98. The van der Waals surface area contributed by atoms with Gasteiger partial charge in [-0.1, -0.05) is 34.1 Å². The first-order valence-corrected chi connectivity index (χ1v) is 5.43. The van der Waals surface area contributed by atoms with E-state index in [-0.39, 0.29) is 12.5 Å². The first-order chi connectivity index (χ1) is 7.24. The highest BCUT2D eigenvalue weighted by molar-refractivity contribution is 9.10. The van der Waals surface area contributed by atoms with E-state index >= 15 is 0 Å². The lowest BCUT2D eigenvalue weighted by molar-refractivity contribution is -0.141. The number of rotatable bonds is 4. The first-order valence-electron chi connectivity index (χ1n) is 4.64. The number of hydrogen-bond donors (Lipinski definition) is 0. The monoisotopic (exact) mass is 269 g/mol. The second kappa shape index (κ2) is 6.35. The van der Waals surface area contributed by atoms with Crippen LogP contribution in [0, 0.1) is 0 Å². The number of hydrogen-bond acceptors (Lipinski definition) is 3. The van der Waals surface area contributed by atoms with Crippen LogP contribution >= 0.6 is 15.9 Å². The van der Waals surface area contributed by atoms with Crippen LogP contribution in [0.15, 0.2) is 33.7 Å². The molecular formula is C11H12BrNO2. The van der Waals surface area contributed by atoms with E-state index in [4.69, 9.17) is 4.74 Å². The fourth-order valence-electron chi connectivity index (χ4n) is 1.00. The molecular weight excluding hydrogens is 258 g/mol. The Labute approximate surface area is 97.3 Å². The SMILES string of the molecule is CCOC(=O)CN=Cc1ccccc1Br. The highest BCUT2D eigenvalue weighted by Crippen LogP contribution is 2.13. The molecule has 0 aromatic heterocycles. The van der Waals surface area contributed by atoms with E-state index in [0.717, 1.165) is 10.0 Å². The van der Waals surface area contributed by atoms with Gasteiger partial charge in [0.15, 0.2) is 0 Å². The topological polar surface area (TPSA) is 38.7 Å². The Kier molecular flexibility index (Phi) is 5.04. The maximum absolute atomic E-state index is 11.0. The van der Waals surface area contributed by atoms with Crippen molar-refractivity contribution < 1.29 is 9.53 Å². The largest absolute Gasteiger partial charge is 0.465 e. The Morgan fingerprint density at radius 2 is 2.27 bits per heavy atom. The van der Waals surface area contributed by atoms with Gasteiger partial charge in [-0.2, -0.15) is 0 Å². The van der Waals surface area contributed by atoms with Crippen LogP contribution in [0.3, 0.4) is 0 Å². The van der Waals surface area contributed by atoms with Crippen LogP contribution in [0.5, 0.6) is 0 Å². The molecule has 0 unspecified atom stereocenters. The van der Waals surface area contributed by atoms with Gasteiger partial charge in [0.05, 0.1) is 6.61 Å². The van der Waals surface area contributed by atoms with Gasteiger partial charge in [0.1, 0.15) is 6.54 Å². The van der Waals surface area contributed by atoms with Crippen molar-refractivity contribution in [2.45, 2.75) is 6.92 Å². The molecule has 0 atom stereocenters. The molecule has 0 N–H and O–H groups in total. The molecule has 0 amide bonds. The maximum Gasteiger partial charge on any atom is 0.327 e. The predicted octanol–water partition coefficient (Wildman–Crippen LogP) is 2.43. The van der Waals surface area contributed by atoms with Crippen molar-refractivity contribution in [2.24, 2.45) is 4.99 Å². The number of ether oxygens (including phenoxy) is 1.